The summed E-state index contributed by atoms with van der Waals surface area (Å²) < 4.78 is 5.30. The molecule has 2 saturated heterocycles. The monoisotopic (exact) mass is 473 g/mol. The third-order valence-corrected chi connectivity index (χ3v) is 4.69. The van der Waals surface area contributed by atoms with Crippen LogP contribution in [0, 0.1) is 0 Å². The van der Waals surface area contributed by atoms with E-state index in [-0.39, 0.29) is 29.9 Å². The quantitative estimate of drug-likeness (QED) is 0.401. The smallest absolute Gasteiger partial charge is 0.224 e. The van der Waals surface area contributed by atoms with E-state index in [1.54, 1.807) is 0 Å². The van der Waals surface area contributed by atoms with Crippen molar-refractivity contribution in [3.63, 3.8) is 0 Å². The number of benzene rings is 1. The molecule has 3 rings (SSSR count). The molecule has 144 valence electrons. The van der Waals surface area contributed by atoms with Crippen LogP contribution in [-0.2, 0) is 9.53 Å². The molecule has 0 bridgehead atoms. The lowest BCUT2D eigenvalue weighted by molar-refractivity contribution is -0.131. The number of nitrogens with zero attached hydrogens (tertiary/aromatic N) is 4. The van der Waals surface area contributed by atoms with Crippen molar-refractivity contribution in [1.29, 1.82) is 0 Å². The highest BCUT2D eigenvalue weighted by atomic mass is 127. The normalized spacial score (nSPS) is 18.5. The second-order valence-electron chi connectivity index (χ2n) is 6.29. The van der Waals surface area contributed by atoms with E-state index in [9.17, 15) is 4.79 Å². The number of nitrogens with two attached hydrogens (primary N) is 1. The Morgan fingerprint density at radius 3 is 2.31 bits per heavy atom. The van der Waals surface area contributed by atoms with Crippen LogP contribution in [0.25, 0.3) is 0 Å². The van der Waals surface area contributed by atoms with Crippen molar-refractivity contribution in [2.75, 3.05) is 63.9 Å². The number of anilines is 1. The number of halogens is 1. The molecule has 0 spiro atoms. The number of carbonyl (C=O) groups is 1. The molecule has 1 amide bonds. The highest BCUT2D eigenvalue weighted by Gasteiger charge is 2.21. The first kappa shape index (κ1) is 20.8. The maximum atomic E-state index is 12.4. The van der Waals surface area contributed by atoms with Gasteiger partial charge >= 0.3 is 0 Å². The molecule has 8 heteroatoms. The fourth-order valence-electron chi connectivity index (χ4n) is 3.17. The minimum absolute atomic E-state index is 0. The van der Waals surface area contributed by atoms with Crippen molar-refractivity contribution in [1.82, 2.24) is 9.80 Å². The summed E-state index contributed by atoms with van der Waals surface area (Å²) >= 11 is 0. The van der Waals surface area contributed by atoms with Gasteiger partial charge in [0.25, 0.3) is 0 Å². The zero-order chi connectivity index (χ0) is 17.5. The van der Waals surface area contributed by atoms with Gasteiger partial charge < -0.3 is 25.2 Å². The number of morpholine rings is 1. The lowest BCUT2D eigenvalue weighted by atomic mass is 10.2. The van der Waals surface area contributed by atoms with E-state index in [4.69, 9.17) is 10.5 Å². The third kappa shape index (κ3) is 5.73. The van der Waals surface area contributed by atoms with Gasteiger partial charge in [-0.3, -0.25) is 9.79 Å². The van der Waals surface area contributed by atoms with E-state index in [1.165, 1.54) is 5.69 Å². The Balaban J connectivity index is 0.00000243. The number of piperazine rings is 1. The first-order valence-electron chi connectivity index (χ1n) is 8.94. The van der Waals surface area contributed by atoms with Crippen LogP contribution in [0.3, 0.4) is 0 Å². The van der Waals surface area contributed by atoms with Gasteiger partial charge in [0.1, 0.15) is 0 Å². The Morgan fingerprint density at radius 2 is 1.65 bits per heavy atom. The highest BCUT2D eigenvalue weighted by molar-refractivity contribution is 14.0. The largest absolute Gasteiger partial charge is 0.378 e. The third-order valence-electron chi connectivity index (χ3n) is 4.69. The van der Waals surface area contributed by atoms with Crippen LogP contribution >= 0.6 is 24.0 Å². The van der Waals surface area contributed by atoms with Crippen LogP contribution in [0.15, 0.2) is 35.3 Å². The Hall–Kier alpha value is -1.55. The number of amides is 1. The predicted molar refractivity (Wildman–Crippen MR) is 114 cm³/mol. The van der Waals surface area contributed by atoms with E-state index in [2.05, 4.69) is 22.0 Å². The lowest BCUT2D eigenvalue weighted by Crippen LogP contribution is -2.49. The van der Waals surface area contributed by atoms with Crippen molar-refractivity contribution in [2.24, 2.45) is 10.7 Å². The van der Waals surface area contributed by atoms with Gasteiger partial charge in [-0.05, 0) is 12.1 Å². The molecule has 0 aromatic heterocycles. The molecule has 2 fully saturated rings. The topological polar surface area (TPSA) is 74.4 Å². The summed E-state index contributed by atoms with van der Waals surface area (Å²) in [5, 5.41) is 0. The maximum Gasteiger partial charge on any atom is 0.224 e. The Kier molecular flexibility index (Phi) is 8.43. The molecule has 2 N–H and O–H groups in total. The molecule has 0 aliphatic carbocycles. The van der Waals surface area contributed by atoms with Crippen LogP contribution in [0.4, 0.5) is 5.69 Å². The minimum atomic E-state index is 0. The van der Waals surface area contributed by atoms with Crippen LogP contribution in [0.1, 0.15) is 6.42 Å². The van der Waals surface area contributed by atoms with Crippen LogP contribution in [-0.4, -0.2) is 80.7 Å². The number of hydrogen-bond acceptors (Lipinski definition) is 4. The molecule has 1 aromatic carbocycles. The van der Waals surface area contributed by atoms with Crippen molar-refractivity contribution in [3.05, 3.63) is 30.3 Å². The number of guanidine groups is 1. The van der Waals surface area contributed by atoms with Crippen LogP contribution in [0.2, 0.25) is 0 Å². The van der Waals surface area contributed by atoms with E-state index >= 15 is 0 Å². The average Bonchev–Trinajstić information content (AvgIpc) is 2.69. The number of carbonyl (C=O) groups excluding carboxylic acids is 1. The fraction of sp³-hybridized carbons (Fsp3) is 0.556. The van der Waals surface area contributed by atoms with Crippen molar-refractivity contribution in [2.45, 2.75) is 6.42 Å². The number of para-hydroxylation sites is 1. The lowest BCUT2D eigenvalue weighted by Gasteiger charge is -2.36. The summed E-state index contributed by atoms with van der Waals surface area (Å²) in [4.78, 5) is 23.0. The zero-order valence-corrected chi connectivity index (χ0v) is 17.4. The molecule has 0 radical (unpaired) electrons. The first-order valence-corrected chi connectivity index (χ1v) is 8.94. The molecule has 2 aliphatic rings. The van der Waals surface area contributed by atoms with E-state index < -0.39 is 0 Å². The van der Waals surface area contributed by atoms with Gasteiger partial charge in [-0.15, -0.1) is 24.0 Å². The average molecular weight is 473 g/mol. The van der Waals surface area contributed by atoms with Gasteiger partial charge in [-0.1, -0.05) is 18.2 Å². The van der Waals surface area contributed by atoms with Crippen LogP contribution < -0.4 is 10.6 Å². The molecule has 26 heavy (non-hydrogen) atoms. The molecule has 7 nitrogen and oxygen atoms in total. The van der Waals surface area contributed by atoms with Crippen LogP contribution in [0.5, 0.6) is 0 Å². The number of hydrogen-bond donors (Lipinski definition) is 1. The Morgan fingerprint density at radius 1 is 1.00 bits per heavy atom. The van der Waals surface area contributed by atoms with Gasteiger partial charge in [-0.2, -0.15) is 0 Å². The molecule has 2 aliphatic heterocycles. The Bertz CT molecular complexity index is 585. The summed E-state index contributed by atoms with van der Waals surface area (Å²) in [5.41, 5.74) is 7.20. The highest BCUT2D eigenvalue weighted by Crippen LogP contribution is 2.15. The van der Waals surface area contributed by atoms with Gasteiger partial charge in [-0.25, -0.2) is 0 Å². The van der Waals surface area contributed by atoms with Crippen molar-refractivity contribution in [3.8, 4) is 0 Å². The second kappa shape index (κ2) is 10.6. The summed E-state index contributed by atoms with van der Waals surface area (Å²) in [6.45, 7) is 6.61. The van der Waals surface area contributed by atoms with Crippen molar-refractivity contribution >= 4 is 41.5 Å². The molecule has 0 unspecified atom stereocenters. The molecule has 0 saturated carbocycles. The van der Waals surface area contributed by atoms with E-state index in [1.807, 2.05) is 28.0 Å². The molecule has 1 aromatic rings. The number of rotatable bonds is 4. The standard InChI is InChI=1S/C18H27N5O2.HI/c19-18(23-12-14-25-15-13-23)20-7-6-17(24)22-10-8-21(9-11-22)16-4-2-1-3-5-16;/h1-5H,6-15H2,(H2,19,20);1H. The summed E-state index contributed by atoms with van der Waals surface area (Å²) in [6, 6.07) is 10.3. The fourth-order valence-corrected chi connectivity index (χ4v) is 3.17. The van der Waals surface area contributed by atoms with Gasteiger partial charge in [0.05, 0.1) is 19.8 Å². The molecule has 2 heterocycles. The summed E-state index contributed by atoms with van der Waals surface area (Å²) in [7, 11) is 0. The van der Waals surface area contributed by atoms with Gasteiger partial charge in [0, 0.05) is 51.4 Å². The Labute approximate surface area is 172 Å². The molecular weight excluding hydrogens is 445 g/mol. The maximum absolute atomic E-state index is 12.4. The van der Waals surface area contributed by atoms with Gasteiger partial charge in [0.2, 0.25) is 5.91 Å². The second-order valence-corrected chi connectivity index (χ2v) is 6.29. The molecular formula is C18H28IN5O2. The summed E-state index contributed by atoms with van der Waals surface area (Å²) in [6.07, 6.45) is 0.413. The zero-order valence-electron chi connectivity index (χ0n) is 15.0. The van der Waals surface area contributed by atoms with E-state index in [0.717, 1.165) is 39.3 Å². The minimum Gasteiger partial charge on any atom is -0.378 e. The van der Waals surface area contributed by atoms with Crippen molar-refractivity contribution < 1.29 is 9.53 Å². The SMILES string of the molecule is I.NC(=NCCC(=O)N1CCN(c2ccccc2)CC1)N1CCOCC1. The number of ether oxygens (including phenoxy) is 1. The van der Waals surface area contributed by atoms with E-state index in [0.29, 0.717) is 32.1 Å². The predicted octanol–water partition coefficient (Wildman–Crippen LogP) is 0.990. The number of aliphatic imine (C=N–C) groups is 1. The first-order chi connectivity index (χ1) is 12.2. The summed E-state index contributed by atoms with van der Waals surface area (Å²) in [5.74, 6) is 0.677. The van der Waals surface area contributed by atoms with Gasteiger partial charge in [0.15, 0.2) is 5.96 Å². The molecule has 0 atom stereocenters.